The van der Waals surface area contributed by atoms with Gasteiger partial charge in [-0.2, -0.15) is 0 Å². The van der Waals surface area contributed by atoms with E-state index < -0.39 is 189 Å². The van der Waals surface area contributed by atoms with Crippen LogP contribution in [-0.4, -0.2) is 268 Å². The van der Waals surface area contributed by atoms with Crippen molar-refractivity contribution in [3.8, 4) is 10.7 Å². The first-order chi connectivity index (χ1) is 47.5. The number of hydrogen-bond acceptors (Lipinski definition) is 34. The van der Waals surface area contributed by atoms with Gasteiger partial charge in [-0.1, -0.05) is 6.92 Å². The molecule has 2 aliphatic rings. The third-order valence-corrected chi connectivity index (χ3v) is 17.7. The molecule has 4 aromatic heterocycles. The molecule has 29 N–H and O–H groups in total. The standard InChI is InChI=1S/C57H90N20O21S2/c1-22-35(73-48(76-46(22)61)27(14-33(60)81)67-15-26(59)47(62)87)52(91)75-37(43(28-16-65-21-68-28)96-56-45(41(85)39(83)31(17-78)95-56)97-55-42(86)44(98-57(63)93)40(84)32(18-79)94-55)53(92)70-24(3)38(82)23(2)49(88)74-36(25(4)80)51(90)66-13-8-34-71-30(20-99-34)54-72-29(19-100-54)50(89)77-69-12-7-11-64-10-6-5-9-58/h16,19-21,23-27,31-32,36-45,55-56,64,67,69,78-80,82-86H,5-15,17-18,58-59H2,1-4H3,(H2,60,81)(H2,62,87)(H2,63,93)(H,65,68)(H,66,90)(H,70,92)(H,74,88)(H,75,91)(H,77,89)(H2,61,73,76)/t23-,24+,25+,26-,27-,31-,32+,36-,37-,38-,39+,40+,41-,42-,43-,44-,45-,55+,56-/m0/s1. The predicted molar refractivity (Wildman–Crippen MR) is 349 cm³/mol. The van der Waals surface area contributed by atoms with E-state index in [0.29, 0.717) is 28.8 Å². The number of unbranched alkanes of at least 4 members (excludes halogenated alkanes) is 1. The van der Waals surface area contributed by atoms with Crippen LogP contribution in [0.5, 0.6) is 0 Å². The Hall–Kier alpha value is -7.77. The second-order valence-corrected chi connectivity index (χ2v) is 25.3. The van der Waals surface area contributed by atoms with Crippen LogP contribution >= 0.6 is 22.7 Å². The molecule has 0 saturated carbocycles. The molecule has 556 valence electrons. The summed E-state index contributed by atoms with van der Waals surface area (Å²) >= 11 is 2.47. The fourth-order valence-corrected chi connectivity index (χ4v) is 11.8. The highest BCUT2D eigenvalue weighted by atomic mass is 32.1. The number of carbonyl (C=O) groups is 8. The number of aliphatic hydroxyl groups excluding tert-OH is 8. The maximum absolute atomic E-state index is 15.2. The van der Waals surface area contributed by atoms with Gasteiger partial charge in [-0.25, -0.2) is 35.1 Å². The van der Waals surface area contributed by atoms with E-state index in [-0.39, 0.29) is 48.1 Å². The van der Waals surface area contributed by atoms with Crippen LogP contribution in [0.15, 0.2) is 23.3 Å². The van der Waals surface area contributed by atoms with E-state index in [2.05, 4.69) is 72.7 Å². The van der Waals surface area contributed by atoms with Crippen LogP contribution in [-0.2, 0) is 54.1 Å². The van der Waals surface area contributed by atoms with E-state index >= 15 is 4.79 Å². The number of nitrogens with zero attached hydrogens (tertiary/aromatic N) is 5. The van der Waals surface area contributed by atoms with Crippen molar-refractivity contribution in [1.29, 1.82) is 0 Å². The van der Waals surface area contributed by atoms with Gasteiger partial charge in [0, 0.05) is 48.8 Å². The topological polar surface area (TPSA) is 677 Å². The Morgan fingerprint density at radius 1 is 0.760 bits per heavy atom. The minimum Gasteiger partial charge on any atom is -0.441 e. The van der Waals surface area contributed by atoms with Gasteiger partial charge in [0.2, 0.25) is 29.5 Å². The normalized spacial score (nSPS) is 23.5. The van der Waals surface area contributed by atoms with Gasteiger partial charge in [-0.3, -0.25) is 39.0 Å². The second kappa shape index (κ2) is 38.9. The lowest BCUT2D eigenvalue weighted by molar-refractivity contribution is -0.372. The molecule has 0 spiro atoms. The van der Waals surface area contributed by atoms with E-state index in [1.165, 1.54) is 50.4 Å². The average Bonchev–Trinajstić information content (AvgIpc) is 1.05. The summed E-state index contributed by atoms with van der Waals surface area (Å²) in [5.41, 5.74) is 39.0. The van der Waals surface area contributed by atoms with Crippen molar-refractivity contribution in [2.24, 2.45) is 34.6 Å². The molecule has 0 unspecified atom stereocenters. The Morgan fingerprint density at radius 3 is 2.11 bits per heavy atom. The number of aliphatic hydroxyl groups is 8. The molecule has 2 saturated heterocycles. The number of nitrogens with two attached hydrogens (primary N) is 6. The van der Waals surface area contributed by atoms with Crippen molar-refractivity contribution in [1.82, 2.24) is 72.7 Å². The zero-order valence-corrected chi connectivity index (χ0v) is 56.5. The Bertz CT molecular complexity index is 3340. The molecule has 2 aliphatic heterocycles. The molecule has 0 bridgehead atoms. The van der Waals surface area contributed by atoms with E-state index in [1.54, 1.807) is 10.8 Å². The van der Waals surface area contributed by atoms with Gasteiger partial charge in [-0.05, 0) is 59.7 Å². The lowest BCUT2D eigenvalue weighted by Crippen LogP contribution is -2.65. The van der Waals surface area contributed by atoms with Crippen molar-refractivity contribution in [3.05, 3.63) is 56.8 Å². The number of ether oxygens (including phenoxy) is 5. The molecule has 19 atom stereocenters. The first-order valence-corrected chi connectivity index (χ1v) is 33.4. The fraction of sp³-hybridized carbons (Fsp3) is 0.632. The number of hydrogen-bond donors (Lipinski definition) is 23. The maximum Gasteiger partial charge on any atom is 0.404 e. The van der Waals surface area contributed by atoms with Crippen LogP contribution in [0.4, 0.5) is 10.6 Å². The van der Waals surface area contributed by atoms with Crippen molar-refractivity contribution in [2.75, 3.05) is 58.2 Å². The summed E-state index contributed by atoms with van der Waals surface area (Å²) in [6.07, 6.45) is -22.5. The van der Waals surface area contributed by atoms with Crippen molar-refractivity contribution in [3.63, 3.8) is 0 Å². The molecule has 6 rings (SSSR count). The number of carbonyl (C=O) groups excluding carboxylic acids is 8. The van der Waals surface area contributed by atoms with Crippen LogP contribution in [0.2, 0.25) is 0 Å². The molecule has 0 aliphatic carbocycles. The fourth-order valence-electron chi connectivity index (χ4n) is 10.2. The minimum atomic E-state index is -2.20. The van der Waals surface area contributed by atoms with Gasteiger partial charge in [0.25, 0.3) is 11.8 Å². The first kappa shape index (κ1) is 81.2. The molecular weight excluding hydrogens is 1360 g/mol. The number of rotatable bonds is 40. The summed E-state index contributed by atoms with van der Waals surface area (Å²) in [6, 6.07) is -7.88. The van der Waals surface area contributed by atoms with Crippen molar-refractivity contribution < 1.29 is 103 Å². The summed E-state index contributed by atoms with van der Waals surface area (Å²) in [4.78, 5) is 131. The predicted octanol–water partition coefficient (Wildman–Crippen LogP) is -8.75. The van der Waals surface area contributed by atoms with Gasteiger partial charge in [-0.15, -0.1) is 22.7 Å². The number of primary amides is 3. The Labute approximate surface area is 579 Å². The first-order valence-electron chi connectivity index (χ1n) is 31.6. The third kappa shape index (κ3) is 22.4. The highest BCUT2D eigenvalue weighted by Gasteiger charge is 2.54. The lowest BCUT2D eigenvalue weighted by atomic mass is 9.96. The number of imidazole rings is 1. The van der Waals surface area contributed by atoms with E-state index in [9.17, 15) is 74.4 Å². The summed E-state index contributed by atoms with van der Waals surface area (Å²) in [5, 5.41) is 109. The zero-order valence-electron chi connectivity index (χ0n) is 54.9. The highest BCUT2D eigenvalue weighted by molar-refractivity contribution is 7.14. The molecule has 0 radical (unpaired) electrons. The third-order valence-electron chi connectivity index (χ3n) is 15.9. The summed E-state index contributed by atoms with van der Waals surface area (Å²) in [5.74, 6) is -8.86. The van der Waals surface area contributed by atoms with Crippen LogP contribution in [0.25, 0.3) is 10.7 Å². The Morgan fingerprint density at radius 2 is 1.46 bits per heavy atom. The van der Waals surface area contributed by atoms with Gasteiger partial charge in [0.1, 0.15) is 94.6 Å². The van der Waals surface area contributed by atoms with Crippen LogP contribution in [0, 0.1) is 12.8 Å². The molecule has 2 fully saturated rings. The Balaban J connectivity index is 1.22. The van der Waals surface area contributed by atoms with Gasteiger partial charge >= 0.3 is 6.09 Å². The van der Waals surface area contributed by atoms with E-state index in [0.717, 1.165) is 44.9 Å². The van der Waals surface area contributed by atoms with Crippen LogP contribution in [0.3, 0.4) is 0 Å². The van der Waals surface area contributed by atoms with Gasteiger partial charge < -0.3 is 136 Å². The summed E-state index contributed by atoms with van der Waals surface area (Å²) < 4.78 is 28.7. The zero-order chi connectivity index (χ0) is 73.7. The number of aromatic nitrogens is 6. The molecule has 0 aromatic carbocycles. The molecule has 100 heavy (non-hydrogen) atoms. The number of aromatic amines is 1. The average molecular weight is 1460 g/mol. The minimum absolute atomic E-state index is 0.0209. The molecule has 6 heterocycles. The monoisotopic (exact) mass is 1450 g/mol. The SMILES string of the molecule is Cc1c(N)nc([C@H](CC(N)=O)NC[C@H](N)C(N)=O)nc1C(=O)N[C@H](C(=O)N[C@H](C)[C@@H](O)[C@H](C)C(=O)N[C@H](C(=O)NCCc1nc(-c2nc(C(=O)NNCCCNCCCCN)cs2)cs1)[C@@H](C)O)[C@@H](O[C@@H]1O[C@@H](CO)[C@@H](O)[C@H](O)[C@@H]1O[C@H]1O[C@H](CO)[C@@H](O)[C@H](OC(N)=O)[C@@H]1O)c1cnc[nH]1. The smallest absolute Gasteiger partial charge is 0.404 e. The van der Waals surface area contributed by atoms with Crippen molar-refractivity contribution >= 4 is 75.9 Å². The molecule has 43 heteroatoms. The molecule has 4 aromatic rings. The molecule has 41 nitrogen and oxygen atoms in total. The number of H-pyrrole nitrogens is 1. The van der Waals surface area contributed by atoms with Gasteiger partial charge in [0.05, 0.1) is 72.7 Å². The van der Waals surface area contributed by atoms with Crippen LogP contribution < -0.4 is 77.2 Å². The quantitative estimate of drug-likeness (QED) is 0.0145. The largest absolute Gasteiger partial charge is 0.441 e. The maximum atomic E-state index is 15.2. The number of nitrogen functional groups attached to an aromatic ring is 1. The number of nitrogens with one attached hydrogen (secondary N) is 9. The van der Waals surface area contributed by atoms with E-state index in [1.807, 2.05) is 0 Å². The number of anilines is 1. The number of thiazole rings is 2. The molecule has 8 amide bonds. The summed E-state index contributed by atoms with van der Waals surface area (Å²) in [6.45, 7) is 5.41. The lowest BCUT2D eigenvalue weighted by Gasteiger charge is -2.47. The van der Waals surface area contributed by atoms with Gasteiger partial charge in [0.15, 0.2) is 18.7 Å². The Kier molecular flexibility index (Phi) is 31.6. The highest BCUT2D eigenvalue weighted by Crippen LogP contribution is 2.35. The number of amides is 8. The van der Waals surface area contributed by atoms with Crippen molar-refractivity contribution in [2.45, 2.75) is 170 Å². The molecular formula is C57H90N20O21S2. The van der Waals surface area contributed by atoms with Crippen LogP contribution in [0.1, 0.15) is 102 Å². The summed E-state index contributed by atoms with van der Waals surface area (Å²) in [7, 11) is 0. The second-order valence-electron chi connectivity index (χ2n) is 23.5. The number of hydrazine groups is 1. The van der Waals surface area contributed by atoms with E-state index in [4.69, 9.17) is 58.1 Å².